The Kier molecular flexibility index (Phi) is 4.46. The van der Waals surface area contributed by atoms with Crippen LogP contribution in [0.4, 0.5) is 0 Å². The fourth-order valence-corrected chi connectivity index (χ4v) is 2.53. The molecule has 1 unspecified atom stereocenters. The molecule has 0 fully saturated rings. The van der Waals surface area contributed by atoms with Crippen molar-refractivity contribution in [2.75, 3.05) is 6.54 Å². The molecule has 2 rings (SSSR count). The lowest BCUT2D eigenvalue weighted by atomic mass is 9.97. The van der Waals surface area contributed by atoms with E-state index >= 15 is 0 Å². The summed E-state index contributed by atoms with van der Waals surface area (Å²) in [5, 5.41) is 3.64. The lowest BCUT2D eigenvalue weighted by Crippen LogP contribution is -2.29. The highest BCUT2D eigenvalue weighted by atomic mass is 14.9. The van der Waals surface area contributed by atoms with E-state index in [-0.39, 0.29) is 0 Å². The van der Waals surface area contributed by atoms with E-state index in [4.69, 9.17) is 0 Å². The van der Waals surface area contributed by atoms with Crippen molar-refractivity contribution in [2.45, 2.75) is 57.4 Å². The maximum absolute atomic E-state index is 3.64. The van der Waals surface area contributed by atoms with Crippen LogP contribution in [0, 0.1) is 0 Å². The first-order valence-electron chi connectivity index (χ1n) is 6.53. The molecule has 0 spiro atoms. The zero-order chi connectivity index (χ0) is 10.3. The van der Waals surface area contributed by atoms with Crippen LogP contribution >= 0.6 is 0 Å². The minimum Gasteiger partial charge on any atom is -0.310 e. The van der Waals surface area contributed by atoms with Crippen LogP contribution < -0.4 is 5.32 Å². The maximum atomic E-state index is 3.64. The van der Waals surface area contributed by atoms with Crippen molar-refractivity contribution in [1.82, 2.24) is 5.32 Å². The highest BCUT2D eigenvalue weighted by Crippen LogP contribution is 2.19. The second-order valence-corrected chi connectivity index (χ2v) is 4.78. The van der Waals surface area contributed by atoms with Crippen LogP contribution in [-0.4, -0.2) is 12.6 Å². The molecule has 0 aromatic carbocycles. The quantitative estimate of drug-likeness (QED) is 0.692. The van der Waals surface area contributed by atoms with Gasteiger partial charge in [-0.15, -0.1) is 0 Å². The third-order valence-corrected chi connectivity index (χ3v) is 3.49. The molecular weight excluding hydrogens is 182 g/mol. The van der Waals surface area contributed by atoms with Crippen LogP contribution in [0.2, 0.25) is 0 Å². The lowest BCUT2D eigenvalue weighted by molar-refractivity contribution is 0.519. The number of rotatable bonds is 4. The highest BCUT2D eigenvalue weighted by molar-refractivity contribution is 5.06. The second-order valence-electron chi connectivity index (χ2n) is 4.78. The Hall–Kier alpha value is -0.560. The third-order valence-electron chi connectivity index (χ3n) is 3.49. The van der Waals surface area contributed by atoms with Crippen molar-refractivity contribution in [1.29, 1.82) is 0 Å². The monoisotopic (exact) mass is 205 g/mol. The van der Waals surface area contributed by atoms with E-state index in [0.717, 1.165) is 0 Å². The largest absolute Gasteiger partial charge is 0.310 e. The van der Waals surface area contributed by atoms with E-state index in [1.807, 2.05) is 0 Å². The molecule has 0 saturated carbocycles. The van der Waals surface area contributed by atoms with Gasteiger partial charge in [-0.05, 0) is 57.9 Å². The van der Waals surface area contributed by atoms with Crippen LogP contribution in [0.3, 0.4) is 0 Å². The zero-order valence-corrected chi connectivity index (χ0v) is 9.67. The van der Waals surface area contributed by atoms with Gasteiger partial charge in [-0.3, -0.25) is 0 Å². The van der Waals surface area contributed by atoms with Crippen LogP contribution in [0.1, 0.15) is 51.4 Å². The smallest absolute Gasteiger partial charge is 0.0250 e. The molecule has 0 aromatic rings. The van der Waals surface area contributed by atoms with E-state index in [1.165, 1.54) is 57.9 Å². The number of hydrogen-bond acceptors (Lipinski definition) is 1. The van der Waals surface area contributed by atoms with Gasteiger partial charge in [0, 0.05) is 6.04 Å². The Balaban J connectivity index is 1.63. The molecule has 0 heterocycles. The Bertz CT molecular complexity index is 240. The molecule has 84 valence electrons. The van der Waals surface area contributed by atoms with Gasteiger partial charge in [0.15, 0.2) is 0 Å². The fraction of sp³-hybridized carbons (Fsp3) is 0.714. The molecule has 0 aromatic heterocycles. The van der Waals surface area contributed by atoms with Crippen molar-refractivity contribution in [3.05, 3.63) is 23.8 Å². The van der Waals surface area contributed by atoms with Crippen molar-refractivity contribution >= 4 is 0 Å². The Morgan fingerprint density at radius 3 is 2.93 bits per heavy atom. The van der Waals surface area contributed by atoms with Gasteiger partial charge in [0.2, 0.25) is 0 Å². The molecular formula is C14H23N. The molecule has 2 aliphatic carbocycles. The summed E-state index contributed by atoms with van der Waals surface area (Å²) >= 11 is 0. The van der Waals surface area contributed by atoms with Crippen molar-refractivity contribution in [2.24, 2.45) is 0 Å². The van der Waals surface area contributed by atoms with Gasteiger partial charge in [0.25, 0.3) is 0 Å². The van der Waals surface area contributed by atoms with Crippen molar-refractivity contribution in [3.63, 3.8) is 0 Å². The predicted molar refractivity (Wildman–Crippen MR) is 65.9 cm³/mol. The molecule has 1 nitrogen and oxygen atoms in total. The molecule has 0 saturated heterocycles. The van der Waals surface area contributed by atoms with Gasteiger partial charge >= 0.3 is 0 Å². The van der Waals surface area contributed by atoms with Crippen LogP contribution in [0.15, 0.2) is 23.8 Å². The topological polar surface area (TPSA) is 12.0 Å². The van der Waals surface area contributed by atoms with Gasteiger partial charge in [-0.2, -0.15) is 0 Å². The fourth-order valence-electron chi connectivity index (χ4n) is 2.53. The molecule has 0 amide bonds. The summed E-state index contributed by atoms with van der Waals surface area (Å²) in [6.45, 7) is 1.17. The molecule has 2 aliphatic rings. The van der Waals surface area contributed by atoms with Crippen molar-refractivity contribution < 1.29 is 0 Å². The van der Waals surface area contributed by atoms with E-state index in [0.29, 0.717) is 6.04 Å². The standard InChI is InChI=1S/C14H23N/c1-3-7-13(8-4-1)11-12-15-14-9-5-2-6-10-14/h5,7,9,14-15H,1-4,6,8,10-12H2. The first-order valence-corrected chi connectivity index (χ1v) is 6.53. The van der Waals surface area contributed by atoms with Gasteiger partial charge in [-0.25, -0.2) is 0 Å². The summed E-state index contributed by atoms with van der Waals surface area (Å²) in [5.41, 5.74) is 1.69. The van der Waals surface area contributed by atoms with Crippen molar-refractivity contribution in [3.8, 4) is 0 Å². The van der Waals surface area contributed by atoms with Gasteiger partial charge < -0.3 is 5.32 Å². The summed E-state index contributed by atoms with van der Waals surface area (Å²) in [4.78, 5) is 0. The van der Waals surface area contributed by atoms with E-state index < -0.39 is 0 Å². The van der Waals surface area contributed by atoms with Gasteiger partial charge in [-0.1, -0.05) is 23.8 Å². The van der Waals surface area contributed by atoms with Crippen LogP contribution in [-0.2, 0) is 0 Å². The first kappa shape index (κ1) is 10.9. The number of allylic oxidation sites excluding steroid dienone is 2. The predicted octanol–water partition coefficient (Wildman–Crippen LogP) is 3.58. The normalized spacial score (nSPS) is 26.4. The van der Waals surface area contributed by atoms with Gasteiger partial charge in [0.05, 0.1) is 0 Å². The summed E-state index contributed by atoms with van der Waals surface area (Å²) < 4.78 is 0. The molecule has 1 N–H and O–H groups in total. The van der Waals surface area contributed by atoms with E-state index in [2.05, 4.69) is 23.5 Å². The summed E-state index contributed by atoms with van der Waals surface area (Å²) in [6, 6.07) is 0.656. The zero-order valence-electron chi connectivity index (χ0n) is 9.67. The Labute approximate surface area is 93.6 Å². The van der Waals surface area contributed by atoms with Crippen LogP contribution in [0.25, 0.3) is 0 Å². The van der Waals surface area contributed by atoms with Crippen LogP contribution in [0.5, 0.6) is 0 Å². The highest BCUT2D eigenvalue weighted by Gasteiger charge is 2.08. The molecule has 1 atom stereocenters. The molecule has 0 bridgehead atoms. The lowest BCUT2D eigenvalue weighted by Gasteiger charge is -2.19. The minimum absolute atomic E-state index is 0.656. The third kappa shape index (κ3) is 3.83. The minimum atomic E-state index is 0.656. The summed E-state index contributed by atoms with van der Waals surface area (Å²) in [5.74, 6) is 0. The number of nitrogens with one attached hydrogen (secondary N) is 1. The molecule has 0 radical (unpaired) electrons. The molecule has 1 heteroatoms. The van der Waals surface area contributed by atoms with E-state index in [1.54, 1.807) is 5.57 Å². The Morgan fingerprint density at radius 2 is 2.20 bits per heavy atom. The SMILES string of the molecule is C1=CC(NCCC2=CCCCC2)CCC1. The van der Waals surface area contributed by atoms with E-state index in [9.17, 15) is 0 Å². The maximum Gasteiger partial charge on any atom is 0.0250 e. The number of hydrogen-bond donors (Lipinski definition) is 1. The second kappa shape index (κ2) is 6.12. The Morgan fingerprint density at radius 1 is 1.20 bits per heavy atom. The first-order chi connectivity index (χ1) is 7.45. The molecule has 0 aliphatic heterocycles. The average Bonchev–Trinajstić information content (AvgIpc) is 2.32. The van der Waals surface area contributed by atoms with Gasteiger partial charge in [0.1, 0.15) is 0 Å². The summed E-state index contributed by atoms with van der Waals surface area (Å²) in [7, 11) is 0. The summed E-state index contributed by atoms with van der Waals surface area (Å²) in [6.07, 6.45) is 17.8. The molecule has 15 heavy (non-hydrogen) atoms. The average molecular weight is 205 g/mol.